The fraction of sp³-hybridized carbons (Fsp3) is 0.350. The van der Waals surface area contributed by atoms with Gasteiger partial charge in [0, 0.05) is 17.4 Å². The van der Waals surface area contributed by atoms with E-state index in [0.29, 0.717) is 0 Å². The first kappa shape index (κ1) is 21.6. The molecule has 0 bridgehead atoms. The topological polar surface area (TPSA) is 75.3 Å². The lowest BCUT2D eigenvalue weighted by Crippen LogP contribution is -2.32. The maximum absolute atomic E-state index is 12.4. The molecule has 0 radical (unpaired) electrons. The standard InChI is InChI=1S/C20H25BrN2O3S/c1-4-19(16-6-8-17(21)9-7-16)23-20(24)11-12-22-27(25,26)18-10-5-14(2)15(3)13-18/h5-10,13,19,22H,4,11-12H2,1-3H3,(H,23,24). The van der Waals surface area contributed by atoms with Crippen LogP contribution in [0.15, 0.2) is 51.8 Å². The Labute approximate surface area is 169 Å². The lowest BCUT2D eigenvalue weighted by Gasteiger charge is -2.18. The molecule has 0 aliphatic rings. The maximum Gasteiger partial charge on any atom is 0.240 e. The van der Waals surface area contributed by atoms with Crippen LogP contribution in [0.5, 0.6) is 0 Å². The van der Waals surface area contributed by atoms with E-state index in [-0.39, 0.29) is 29.8 Å². The fourth-order valence-electron chi connectivity index (χ4n) is 2.65. The summed E-state index contributed by atoms with van der Waals surface area (Å²) < 4.78 is 28.2. The first-order valence-electron chi connectivity index (χ1n) is 8.84. The summed E-state index contributed by atoms with van der Waals surface area (Å²) in [5.74, 6) is -0.187. The lowest BCUT2D eigenvalue weighted by molar-refractivity contribution is -0.121. The van der Waals surface area contributed by atoms with E-state index >= 15 is 0 Å². The smallest absolute Gasteiger partial charge is 0.240 e. The molecule has 0 saturated heterocycles. The van der Waals surface area contributed by atoms with Gasteiger partial charge in [-0.25, -0.2) is 13.1 Å². The predicted molar refractivity (Wildman–Crippen MR) is 111 cm³/mol. The van der Waals surface area contributed by atoms with Crippen molar-refractivity contribution in [2.75, 3.05) is 6.54 Å². The minimum Gasteiger partial charge on any atom is -0.349 e. The molecule has 0 saturated carbocycles. The Hall–Kier alpha value is -1.70. The van der Waals surface area contributed by atoms with Gasteiger partial charge in [-0.3, -0.25) is 4.79 Å². The molecule has 1 unspecified atom stereocenters. The molecular formula is C20H25BrN2O3S. The van der Waals surface area contributed by atoms with Gasteiger partial charge >= 0.3 is 0 Å². The normalized spacial score (nSPS) is 12.6. The molecule has 0 heterocycles. The van der Waals surface area contributed by atoms with Crippen LogP contribution in [0.3, 0.4) is 0 Å². The fourth-order valence-corrected chi connectivity index (χ4v) is 4.03. The van der Waals surface area contributed by atoms with Crippen LogP contribution in [0, 0.1) is 13.8 Å². The third-order valence-corrected chi connectivity index (χ3v) is 6.44. The van der Waals surface area contributed by atoms with E-state index in [1.165, 1.54) is 0 Å². The highest BCUT2D eigenvalue weighted by atomic mass is 79.9. The number of benzene rings is 2. The Bertz CT molecular complexity index is 896. The molecule has 146 valence electrons. The van der Waals surface area contributed by atoms with Gasteiger partial charge in [0.25, 0.3) is 0 Å². The van der Waals surface area contributed by atoms with Crippen molar-refractivity contribution in [1.29, 1.82) is 0 Å². The average Bonchev–Trinajstić information content (AvgIpc) is 2.62. The number of amides is 1. The van der Waals surface area contributed by atoms with Crippen LogP contribution in [0.1, 0.15) is 42.5 Å². The minimum atomic E-state index is -3.62. The van der Waals surface area contributed by atoms with E-state index in [1.54, 1.807) is 18.2 Å². The van der Waals surface area contributed by atoms with Gasteiger partial charge in [0.15, 0.2) is 0 Å². The number of nitrogens with one attached hydrogen (secondary N) is 2. The van der Waals surface area contributed by atoms with Crippen molar-refractivity contribution in [2.45, 2.75) is 44.6 Å². The maximum atomic E-state index is 12.4. The van der Waals surface area contributed by atoms with E-state index in [9.17, 15) is 13.2 Å². The van der Waals surface area contributed by atoms with Gasteiger partial charge in [-0.1, -0.05) is 41.1 Å². The number of carbonyl (C=O) groups is 1. The van der Waals surface area contributed by atoms with Gasteiger partial charge < -0.3 is 5.32 Å². The van der Waals surface area contributed by atoms with E-state index < -0.39 is 10.0 Å². The largest absolute Gasteiger partial charge is 0.349 e. The minimum absolute atomic E-state index is 0.0534. The van der Waals surface area contributed by atoms with Gasteiger partial charge in [0.2, 0.25) is 15.9 Å². The van der Waals surface area contributed by atoms with E-state index in [0.717, 1.165) is 27.6 Å². The number of sulfonamides is 1. The molecule has 0 spiro atoms. The Balaban J connectivity index is 1.90. The Morgan fingerprint density at radius 1 is 1.07 bits per heavy atom. The SMILES string of the molecule is CCC(NC(=O)CCNS(=O)(=O)c1ccc(C)c(C)c1)c1ccc(Br)cc1. The molecule has 0 aromatic heterocycles. The molecule has 5 nitrogen and oxygen atoms in total. The third-order valence-electron chi connectivity index (χ3n) is 4.45. The quantitative estimate of drug-likeness (QED) is 0.635. The Morgan fingerprint density at radius 2 is 1.74 bits per heavy atom. The zero-order chi connectivity index (χ0) is 20.0. The van der Waals surface area contributed by atoms with Crippen LogP contribution in [0.2, 0.25) is 0 Å². The number of rotatable bonds is 8. The van der Waals surface area contributed by atoms with Gasteiger partial charge in [0.1, 0.15) is 0 Å². The number of hydrogen-bond acceptors (Lipinski definition) is 3. The Morgan fingerprint density at radius 3 is 2.33 bits per heavy atom. The highest BCUT2D eigenvalue weighted by Crippen LogP contribution is 2.19. The Kier molecular flexibility index (Phi) is 7.59. The van der Waals surface area contributed by atoms with Gasteiger partial charge in [-0.15, -0.1) is 0 Å². The second-order valence-electron chi connectivity index (χ2n) is 6.47. The van der Waals surface area contributed by atoms with Crippen molar-refractivity contribution in [3.05, 3.63) is 63.6 Å². The van der Waals surface area contributed by atoms with Gasteiger partial charge in [0.05, 0.1) is 10.9 Å². The number of hydrogen-bond donors (Lipinski definition) is 2. The molecule has 0 aliphatic heterocycles. The van der Waals surface area contributed by atoms with Crippen molar-refractivity contribution >= 4 is 31.9 Å². The predicted octanol–water partition coefficient (Wildman–Crippen LogP) is 4.00. The number of aryl methyl sites for hydroxylation is 2. The van der Waals surface area contributed by atoms with Crippen LogP contribution in [0.25, 0.3) is 0 Å². The van der Waals surface area contributed by atoms with Gasteiger partial charge in [-0.2, -0.15) is 0 Å². The summed E-state index contributed by atoms with van der Waals surface area (Å²) in [6, 6.07) is 12.7. The summed E-state index contributed by atoms with van der Waals surface area (Å²) in [5, 5.41) is 2.96. The monoisotopic (exact) mass is 452 g/mol. The van der Waals surface area contributed by atoms with Crippen molar-refractivity contribution in [3.8, 4) is 0 Å². The lowest BCUT2D eigenvalue weighted by atomic mass is 10.0. The molecule has 2 N–H and O–H groups in total. The van der Waals surface area contributed by atoms with E-state index in [4.69, 9.17) is 0 Å². The van der Waals surface area contributed by atoms with Crippen LogP contribution < -0.4 is 10.0 Å². The van der Waals surface area contributed by atoms with Crippen molar-refractivity contribution in [3.63, 3.8) is 0 Å². The second-order valence-corrected chi connectivity index (χ2v) is 9.16. The zero-order valence-corrected chi connectivity index (χ0v) is 18.2. The van der Waals surface area contributed by atoms with E-state index in [1.807, 2.05) is 45.0 Å². The van der Waals surface area contributed by atoms with Crippen LogP contribution in [0.4, 0.5) is 0 Å². The molecule has 7 heteroatoms. The second kappa shape index (κ2) is 9.48. The summed E-state index contributed by atoms with van der Waals surface area (Å²) in [4.78, 5) is 12.4. The summed E-state index contributed by atoms with van der Waals surface area (Å²) >= 11 is 3.40. The van der Waals surface area contributed by atoms with Gasteiger partial charge in [-0.05, 0) is 61.2 Å². The molecule has 27 heavy (non-hydrogen) atoms. The summed E-state index contributed by atoms with van der Waals surface area (Å²) in [6.45, 7) is 5.85. The molecule has 2 aromatic rings. The van der Waals surface area contributed by atoms with Crippen LogP contribution in [-0.2, 0) is 14.8 Å². The zero-order valence-electron chi connectivity index (χ0n) is 15.8. The van der Waals surface area contributed by atoms with Crippen LogP contribution in [-0.4, -0.2) is 20.9 Å². The highest BCUT2D eigenvalue weighted by molar-refractivity contribution is 9.10. The molecule has 1 atom stereocenters. The molecular weight excluding hydrogens is 428 g/mol. The van der Waals surface area contributed by atoms with Crippen molar-refractivity contribution in [2.24, 2.45) is 0 Å². The molecule has 1 amide bonds. The molecule has 0 fully saturated rings. The number of halogens is 1. The first-order valence-corrected chi connectivity index (χ1v) is 11.1. The van der Waals surface area contributed by atoms with E-state index in [2.05, 4.69) is 26.0 Å². The van der Waals surface area contributed by atoms with Crippen molar-refractivity contribution in [1.82, 2.24) is 10.0 Å². The molecule has 2 aromatic carbocycles. The summed E-state index contributed by atoms with van der Waals surface area (Å²) in [7, 11) is -3.62. The number of carbonyl (C=O) groups excluding carboxylic acids is 1. The molecule has 2 rings (SSSR count). The highest BCUT2D eigenvalue weighted by Gasteiger charge is 2.16. The van der Waals surface area contributed by atoms with Crippen molar-refractivity contribution < 1.29 is 13.2 Å². The third kappa shape index (κ3) is 6.16. The first-order chi connectivity index (χ1) is 12.7. The average molecular weight is 453 g/mol. The van der Waals surface area contributed by atoms with Crippen LogP contribution >= 0.6 is 15.9 Å². The molecule has 0 aliphatic carbocycles. The summed E-state index contributed by atoms with van der Waals surface area (Å²) in [5.41, 5.74) is 2.97. The summed E-state index contributed by atoms with van der Waals surface area (Å²) in [6.07, 6.45) is 0.832.